The van der Waals surface area contributed by atoms with Crippen molar-refractivity contribution in [3.8, 4) is 5.75 Å². The number of hydrogen-bond donors (Lipinski definition) is 0. The Bertz CT molecular complexity index is 958. The molecular weight excluding hydrogens is 455 g/mol. The number of carbonyl (C=O) groups excluding carboxylic acids is 2. The molecule has 184 valence electrons. The molecule has 1 atom stereocenters. The van der Waals surface area contributed by atoms with Gasteiger partial charge in [0.1, 0.15) is 18.2 Å². The molecule has 0 saturated heterocycles. The second kappa shape index (κ2) is 11.8. The predicted octanol–water partition coefficient (Wildman–Crippen LogP) is 4.45. The van der Waals surface area contributed by atoms with Crippen LogP contribution >= 0.6 is 11.3 Å². The Balaban J connectivity index is 1.47. The minimum Gasteiger partial charge on any atom is -0.491 e. The van der Waals surface area contributed by atoms with Crippen LogP contribution in [0, 0.1) is 11.7 Å². The first-order chi connectivity index (χ1) is 16.6. The van der Waals surface area contributed by atoms with Gasteiger partial charge in [-0.1, -0.05) is 12.8 Å². The molecule has 1 aromatic carbocycles. The van der Waals surface area contributed by atoms with Crippen molar-refractivity contribution in [2.75, 3.05) is 40.0 Å². The van der Waals surface area contributed by atoms with Crippen LogP contribution in [0.2, 0.25) is 0 Å². The van der Waals surface area contributed by atoms with Crippen molar-refractivity contribution in [3.63, 3.8) is 0 Å². The van der Waals surface area contributed by atoms with Crippen molar-refractivity contribution in [3.05, 3.63) is 52.0 Å². The molecule has 0 N–H and O–H groups in total. The number of nitrogens with zero attached hydrogens (tertiary/aromatic N) is 2. The van der Waals surface area contributed by atoms with Gasteiger partial charge >= 0.3 is 0 Å². The van der Waals surface area contributed by atoms with E-state index in [1.807, 2.05) is 10.3 Å². The van der Waals surface area contributed by atoms with Gasteiger partial charge in [0.05, 0.1) is 12.6 Å². The second-order valence-corrected chi connectivity index (χ2v) is 10.0. The largest absolute Gasteiger partial charge is 0.491 e. The zero-order valence-electron chi connectivity index (χ0n) is 19.7. The summed E-state index contributed by atoms with van der Waals surface area (Å²) in [6.07, 6.45) is 5.46. The number of methoxy groups -OCH3 is 1. The Labute approximate surface area is 204 Å². The molecule has 0 spiro atoms. The summed E-state index contributed by atoms with van der Waals surface area (Å²) in [5.74, 6) is 0.302. The molecule has 2 aromatic rings. The predicted molar refractivity (Wildman–Crippen MR) is 129 cm³/mol. The number of fused-ring (bicyclic) bond motifs is 1. The van der Waals surface area contributed by atoms with E-state index in [1.54, 1.807) is 35.5 Å². The Morgan fingerprint density at radius 3 is 2.68 bits per heavy atom. The Morgan fingerprint density at radius 2 is 1.94 bits per heavy atom. The van der Waals surface area contributed by atoms with Gasteiger partial charge in [-0.3, -0.25) is 9.59 Å². The number of rotatable bonds is 10. The lowest BCUT2D eigenvalue weighted by atomic mass is 10.00. The maximum Gasteiger partial charge on any atom is 0.242 e. The number of halogens is 1. The van der Waals surface area contributed by atoms with Gasteiger partial charge in [0.25, 0.3) is 0 Å². The van der Waals surface area contributed by atoms with Gasteiger partial charge in [0, 0.05) is 37.6 Å². The average molecular weight is 489 g/mol. The molecule has 1 aliphatic heterocycles. The lowest BCUT2D eigenvalue weighted by Gasteiger charge is -2.37. The number of benzene rings is 1. The van der Waals surface area contributed by atoms with Gasteiger partial charge in [-0.05, 0) is 67.0 Å². The number of carbonyl (C=O) groups is 2. The van der Waals surface area contributed by atoms with Crippen molar-refractivity contribution in [2.45, 2.75) is 44.6 Å². The number of ether oxygens (including phenoxy) is 2. The molecule has 1 aromatic heterocycles. The normalized spacial score (nSPS) is 18.1. The summed E-state index contributed by atoms with van der Waals surface area (Å²) in [7, 11) is 1.65. The topological polar surface area (TPSA) is 59.1 Å². The van der Waals surface area contributed by atoms with Crippen molar-refractivity contribution in [1.29, 1.82) is 0 Å². The van der Waals surface area contributed by atoms with E-state index < -0.39 is 0 Å². The van der Waals surface area contributed by atoms with Crippen LogP contribution < -0.4 is 4.74 Å². The molecule has 0 unspecified atom stereocenters. The summed E-state index contributed by atoms with van der Waals surface area (Å²) in [4.78, 5) is 31.6. The fraction of sp³-hybridized carbons (Fsp3) is 0.538. The molecule has 0 radical (unpaired) electrons. The highest BCUT2D eigenvalue weighted by Crippen LogP contribution is 2.34. The number of hydrogen-bond acceptors (Lipinski definition) is 5. The van der Waals surface area contributed by atoms with Crippen molar-refractivity contribution >= 4 is 23.2 Å². The van der Waals surface area contributed by atoms with Gasteiger partial charge in [-0.25, -0.2) is 4.39 Å². The van der Waals surface area contributed by atoms with Gasteiger partial charge in [-0.2, -0.15) is 0 Å². The number of thiophene rings is 1. The lowest BCUT2D eigenvalue weighted by Crippen LogP contribution is -2.49. The minimum absolute atomic E-state index is 0.0257. The van der Waals surface area contributed by atoms with Gasteiger partial charge in [-0.15, -0.1) is 11.3 Å². The molecule has 1 aliphatic carbocycles. The first-order valence-electron chi connectivity index (χ1n) is 12.1. The number of amides is 2. The first-order valence-corrected chi connectivity index (χ1v) is 13.0. The van der Waals surface area contributed by atoms with E-state index in [2.05, 4.69) is 6.07 Å². The average Bonchev–Trinajstić information content (AvgIpc) is 3.55. The standard InChI is InChI=1S/C26H33FN2O4S/c1-32-15-4-13-28(26(31)19-5-2-3-6-19)17-25(30)29-14-11-24-22(12-16-34-24)23(29)18-33-21-9-7-20(27)8-10-21/h7-10,12,16,19,23H,2-6,11,13-15,17-18H2,1H3/t23-/m0/s1. The Hall–Kier alpha value is -2.45. The van der Waals surface area contributed by atoms with Crippen LogP contribution in [-0.4, -0.2) is 61.6 Å². The van der Waals surface area contributed by atoms with Crippen LogP contribution in [0.5, 0.6) is 5.75 Å². The monoisotopic (exact) mass is 488 g/mol. The molecule has 2 heterocycles. The molecule has 34 heavy (non-hydrogen) atoms. The molecule has 8 heteroatoms. The second-order valence-electron chi connectivity index (χ2n) is 9.00. The first kappa shape index (κ1) is 24.7. The summed E-state index contributed by atoms with van der Waals surface area (Å²) < 4.78 is 24.4. The summed E-state index contributed by atoms with van der Waals surface area (Å²) >= 11 is 1.69. The highest BCUT2D eigenvalue weighted by atomic mass is 32.1. The van der Waals surface area contributed by atoms with E-state index in [4.69, 9.17) is 9.47 Å². The van der Waals surface area contributed by atoms with Crippen molar-refractivity contribution in [2.24, 2.45) is 5.92 Å². The fourth-order valence-electron chi connectivity index (χ4n) is 4.93. The van der Waals surface area contributed by atoms with E-state index in [0.717, 1.165) is 37.7 Å². The molecule has 6 nitrogen and oxygen atoms in total. The van der Waals surface area contributed by atoms with E-state index >= 15 is 0 Å². The Kier molecular flexibility index (Phi) is 8.56. The van der Waals surface area contributed by atoms with Gasteiger partial charge < -0.3 is 19.3 Å². The molecule has 2 amide bonds. The Morgan fingerprint density at radius 1 is 1.18 bits per heavy atom. The van der Waals surface area contributed by atoms with Crippen LogP contribution in [0.1, 0.15) is 48.6 Å². The third-order valence-electron chi connectivity index (χ3n) is 6.76. The van der Waals surface area contributed by atoms with Gasteiger partial charge in [0.2, 0.25) is 11.8 Å². The van der Waals surface area contributed by atoms with Crippen molar-refractivity contribution < 1.29 is 23.5 Å². The van der Waals surface area contributed by atoms with Crippen molar-refractivity contribution in [1.82, 2.24) is 9.80 Å². The summed E-state index contributed by atoms with van der Waals surface area (Å²) in [5, 5.41) is 2.05. The van der Waals surface area contributed by atoms with Crippen LogP contribution in [0.4, 0.5) is 4.39 Å². The highest BCUT2D eigenvalue weighted by Gasteiger charge is 2.35. The smallest absolute Gasteiger partial charge is 0.242 e. The summed E-state index contributed by atoms with van der Waals surface area (Å²) in [5.41, 5.74) is 1.10. The molecule has 4 rings (SSSR count). The molecule has 0 bridgehead atoms. The van der Waals surface area contributed by atoms with Crippen LogP contribution in [0.15, 0.2) is 35.7 Å². The lowest BCUT2D eigenvalue weighted by molar-refractivity contribution is -0.144. The maximum atomic E-state index is 13.6. The third-order valence-corrected chi connectivity index (χ3v) is 7.75. The molecule has 2 aliphatic rings. The van der Waals surface area contributed by atoms with Gasteiger partial charge in [0.15, 0.2) is 0 Å². The molecule has 1 fully saturated rings. The summed E-state index contributed by atoms with van der Waals surface area (Å²) in [6, 6.07) is 7.73. The maximum absolute atomic E-state index is 13.6. The van der Waals surface area contributed by atoms with E-state index in [1.165, 1.54) is 17.0 Å². The van der Waals surface area contributed by atoms with E-state index in [0.29, 0.717) is 31.9 Å². The molecular formula is C26H33FN2O4S. The highest BCUT2D eigenvalue weighted by molar-refractivity contribution is 7.10. The van der Waals surface area contributed by atoms with Crippen LogP contribution in [0.3, 0.4) is 0 Å². The van der Waals surface area contributed by atoms with E-state index in [9.17, 15) is 14.0 Å². The summed E-state index contributed by atoms with van der Waals surface area (Å²) in [6.45, 7) is 2.02. The van der Waals surface area contributed by atoms with Crippen LogP contribution in [-0.2, 0) is 20.7 Å². The zero-order valence-corrected chi connectivity index (χ0v) is 20.5. The fourth-order valence-corrected chi connectivity index (χ4v) is 5.86. The zero-order chi connectivity index (χ0) is 23.9. The van der Waals surface area contributed by atoms with Crippen LogP contribution in [0.25, 0.3) is 0 Å². The van der Waals surface area contributed by atoms with E-state index in [-0.39, 0.29) is 42.7 Å². The molecule has 1 saturated carbocycles. The quantitative estimate of drug-likeness (QED) is 0.464. The minimum atomic E-state index is -0.317. The third kappa shape index (κ3) is 5.96. The SMILES string of the molecule is COCCCN(CC(=O)N1CCc2sccc2[C@@H]1COc1ccc(F)cc1)C(=O)C1CCCC1.